The van der Waals surface area contributed by atoms with Gasteiger partial charge in [0.1, 0.15) is 5.82 Å². The first kappa shape index (κ1) is 12.1. The first-order valence-electron chi connectivity index (χ1n) is 5.48. The van der Waals surface area contributed by atoms with E-state index in [1.165, 1.54) is 17.0 Å². The Balaban J connectivity index is 2.14. The minimum atomic E-state index is -0.205. The summed E-state index contributed by atoms with van der Waals surface area (Å²) in [6.45, 7) is 0.685. The van der Waals surface area contributed by atoms with Crippen LogP contribution in [0, 0.1) is 5.82 Å². The van der Waals surface area contributed by atoms with Crippen molar-refractivity contribution in [3.63, 3.8) is 0 Å². The SMILES string of the molecule is NCCSc1ccc(-c2ccc(F)cc2)cc1. The molecule has 0 bridgehead atoms. The lowest BCUT2D eigenvalue weighted by atomic mass is 10.1. The molecule has 0 aliphatic carbocycles. The third kappa shape index (κ3) is 3.32. The monoisotopic (exact) mass is 247 g/mol. The van der Waals surface area contributed by atoms with Crippen molar-refractivity contribution >= 4 is 11.8 Å². The number of nitrogens with two attached hydrogens (primary N) is 1. The number of hydrogen-bond donors (Lipinski definition) is 1. The van der Waals surface area contributed by atoms with Crippen LogP contribution < -0.4 is 5.73 Å². The van der Waals surface area contributed by atoms with E-state index in [1.807, 2.05) is 12.1 Å². The van der Waals surface area contributed by atoms with E-state index in [2.05, 4.69) is 12.1 Å². The van der Waals surface area contributed by atoms with Crippen LogP contribution in [0.5, 0.6) is 0 Å². The van der Waals surface area contributed by atoms with E-state index in [4.69, 9.17) is 5.73 Å². The van der Waals surface area contributed by atoms with Gasteiger partial charge in [-0.15, -0.1) is 11.8 Å². The lowest BCUT2D eigenvalue weighted by molar-refractivity contribution is 0.628. The topological polar surface area (TPSA) is 26.0 Å². The molecule has 0 aliphatic rings. The van der Waals surface area contributed by atoms with E-state index >= 15 is 0 Å². The quantitative estimate of drug-likeness (QED) is 0.836. The average Bonchev–Trinajstić information content (AvgIpc) is 2.38. The molecule has 88 valence electrons. The van der Waals surface area contributed by atoms with Crippen LogP contribution >= 0.6 is 11.8 Å². The van der Waals surface area contributed by atoms with Gasteiger partial charge < -0.3 is 5.73 Å². The molecule has 2 aromatic rings. The summed E-state index contributed by atoms with van der Waals surface area (Å²) >= 11 is 1.74. The second kappa shape index (κ2) is 5.84. The number of benzene rings is 2. The van der Waals surface area contributed by atoms with Crippen LogP contribution in [0.3, 0.4) is 0 Å². The van der Waals surface area contributed by atoms with E-state index in [0.29, 0.717) is 6.54 Å². The van der Waals surface area contributed by atoms with Gasteiger partial charge in [-0.3, -0.25) is 0 Å². The predicted molar refractivity (Wildman–Crippen MR) is 71.6 cm³/mol. The largest absolute Gasteiger partial charge is 0.330 e. The minimum Gasteiger partial charge on any atom is -0.330 e. The van der Waals surface area contributed by atoms with Gasteiger partial charge in [0.2, 0.25) is 0 Å². The maximum absolute atomic E-state index is 12.8. The van der Waals surface area contributed by atoms with E-state index < -0.39 is 0 Å². The molecule has 0 atom stereocenters. The molecule has 0 amide bonds. The third-order valence-corrected chi connectivity index (χ3v) is 3.46. The number of thioether (sulfide) groups is 1. The van der Waals surface area contributed by atoms with Gasteiger partial charge in [-0.2, -0.15) is 0 Å². The van der Waals surface area contributed by atoms with Crippen molar-refractivity contribution in [2.45, 2.75) is 4.90 Å². The van der Waals surface area contributed by atoms with Gasteiger partial charge in [-0.05, 0) is 35.4 Å². The van der Waals surface area contributed by atoms with E-state index in [-0.39, 0.29) is 5.82 Å². The first-order valence-corrected chi connectivity index (χ1v) is 6.47. The molecule has 2 rings (SSSR count). The number of halogens is 1. The first-order chi connectivity index (χ1) is 8.29. The summed E-state index contributed by atoms with van der Waals surface area (Å²) in [5, 5.41) is 0. The summed E-state index contributed by atoms with van der Waals surface area (Å²) in [4.78, 5) is 1.21. The van der Waals surface area contributed by atoms with Gasteiger partial charge in [0, 0.05) is 17.2 Å². The zero-order chi connectivity index (χ0) is 12.1. The Morgan fingerprint density at radius 2 is 1.41 bits per heavy atom. The Bertz CT molecular complexity index is 465. The summed E-state index contributed by atoms with van der Waals surface area (Å²) in [7, 11) is 0. The van der Waals surface area contributed by atoms with Crippen molar-refractivity contribution in [1.29, 1.82) is 0 Å². The maximum Gasteiger partial charge on any atom is 0.123 e. The van der Waals surface area contributed by atoms with Gasteiger partial charge in [0.15, 0.2) is 0 Å². The molecular weight excluding hydrogens is 233 g/mol. The molecule has 0 aromatic heterocycles. The molecule has 0 aliphatic heterocycles. The summed E-state index contributed by atoms with van der Waals surface area (Å²) in [5.41, 5.74) is 7.58. The molecule has 1 nitrogen and oxygen atoms in total. The molecule has 0 radical (unpaired) electrons. The van der Waals surface area contributed by atoms with Crippen molar-refractivity contribution in [3.05, 3.63) is 54.3 Å². The summed E-state index contributed by atoms with van der Waals surface area (Å²) < 4.78 is 12.8. The molecule has 0 heterocycles. The Hall–Kier alpha value is -1.32. The van der Waals surface area contributed by atoms with Gasteiger partial charge in [0.05, 0.1) is 0 Å². The van der Waals surface area contributed by atoms with Gasteiger partial charge >= 0.3 is 0 Å². The highest BCUT2D eigenvalue weighted by molar-refractivity contribution is 7.99. The van der Waals surface area contributed by atoms with Crippen molar-refractivity contribution in [2.75, 3.05) is 12.3 Å². The molecule has 2 aromatic carbocycles. The smallest absolute Gasteiger partial charge is 0.123 e. The summed E-state index contributed by atoms with van der Waals surface area (Å²) in [6.07, 6.45) is 0. The lowest BCUT2D eigenvalue weighted by Crippen LogP contribution is -2.00. The highest BCUT2D eigenvalue weighted by Gasteiger charge is 1.98. The van der Waals surface area contributed by atoms with Crippen molar-refractivity contribution in [3.8, 4) is 11.1 Å². The molecule has 0 fully saturated rings. The Labute approximate surface area is 105 Å². The molecule has 0 unspecified atom stereocenters. The van der Waals surface area contributed by atoms with E-state index in [0.717, 1.165) is 16.9 Å². The molecular formula is C14H14FNS. The van der Waals surface area contributed by atoms with E-state index in [9.17, 15) is 4.39 Å². The Kier molecular flexibility index (Phi) is 4.18. The zero-order valence-electron chi connectivity index (χ0n) is 9.40. The predicted octanol–water partition coefficient (Wildman–Crippen LogP) is 3.54. The molecule has 0 saturated heterocycles. The van der Waals surface area contributed by atoms with Crippen molar-refractivity contribution in [1.82, 2.24) is 0 Å². The third-order valence-electron chi connectivity index (χ3n) is 2.42. The summed E-state index contributed by atoms with van der Waals surface area (Å²) in [5.74, 6) is 0.722. The summed E-state index contributed by atoms with van der Waals surface area (Å²) in [6, 6.07) is 14.8. The standard InChI is InChI=1S/C14H14FNS/c15-13-5-1-11(2-6-13)12-3-7-14(8-4-12)17-10-9-16/h1-8H,9-10,16H2. The maximum atomic E-state index is 12.8. The Morgan fingerprint density at radius 1 is 0.882 bits per heavy atom. The highest BCUT2D eigenvalue weighted by Crippen LogP contribution is 2.24. The van der Waals surface area contributed by atoms with Crippen LogP contribution in [-0.2, 0) is 0 Å². The van der Waals surface area contributed by atoms with Gasteiger partial charge in [0.25, 0.3) is 0 Å². The fourth-order valence-electron chi connectivity index (χ4n) is 1.56. The highest BCUT2D eigenvalue weighted by atomic mass is 32.2. The van der Waals surface area contributed by atoms with Crippen LogP contribution in [0.15, 0.2) is 53.4 Å². The molecule has 17 heavy (non-hydrogen) atoms. The molecule has 2 N–H and O–H groups in total. The fourth-order valence-corrected chi connectivity index (χ4v) is 2.24. The second-order valence-corrected chi connectivity index (χ2v) is 4.84. The Morgan fingerprint density at radius 3 is 1.94 bits per heavy atom. The van der Waals surface area contributed by atoms with Crippen LogP contribution in [0.1, 0.15) is 0 Å². The van der Waals surface area contributed by atoms with Crippen molar-refractivity contribution in [2.24, 2.45) is 5.73 Å². The average molecular weight is 247 g/mol. The van der Waals surface area contributed by atoms with Gasteiger partial charge in [-0.25, -0.2) is 4.39 Å². The zero-order valence-corrected chi connectivity index (χ0v) is 10.2. The molecule has 0 saturated carbocycles. The van der Waals surface area contributed by atoms with Crippen LogP contribution in [-0.4, -0.2) is 12.3 Å². The minimum absolute atomic E-state index is 0.205. The fraction of sp³-hybridized carbons (Fsp3) is 0.143. The number of hydrogen-bond acceptors (Lipinski definition) is 2. The van der Waals surface area contributed by atoms with Gasteiger partial charge in [-0.1, -0.05) is 24.3 Å². The van der Waals surface area contributed by atoms with Crippen LogP contribution in [0.2, 0.25) is 0 Å². The van der Waals surface area contributed by atoms with Crippen LogP contribution in [0.25, 0.3) is 11.1 Å². The second-order valence-electron chi connectivity index (χ2n) is 3.67. The van der Waals surface area contributed by atoms with Crippen LogP contribution in [0.4, 0.5) is 4.39 Å². The van der Waals surface area contributed by atoms with E-state index in [1.54, 1.807) is 23.9 Å². The number of rotatable bonds is 4. The normalized spacial score (nSPS) is 10.5. The van der Waals surface area contributed by atoms with Crippen molar-refractivity contribution < 1.29 is 4.39 Å². The molecule has 0 spiro atoms. The lowest BCUT2D eigenvalue weighted by Gasteiger charge is -2.04. The molecule has 3 heteroatoms.